The first-order valence-electron chi connectivity index (χ1n) is 35.6. The normalized spacial score (nSPS) is 12.6. The van der Waals surface area contributed by atoms with Crippen molar-refractivity contribution in [3.8, 4) is 0 Å². The predicted octanol–water partition coefficient (Wildman–Crippen LogP) is 24.6. The lowest BCUT2D eigenvalue weighted by Gasteiger charge is -2.18. The Morgan fingerprint density at radius 2 is 0.500 bits per heavy atom. The standard InChI is InChI=1S/C76H134O6/c1-4-7-10-13-16-19-22-25-28-30-32-33-34-35-36-37-38-39-40-41-42-43-45-46-48-51-54-57-60-63-66-69-75(78)81-72-73(71-80-74(77)68-65-62-59-56-53-50-27-24-21-18-15-12-9-6-3)82-76(79)70-67-64-61-58-55-52-49-47-44-31-29-26-23-20-17-14-11-8-5-2/h8,11,17,20,26,29-30,32,44,47,52,55,61,64,73H,4-7,9-10,12-16,18-19,21-25,27-28,31,33-43,45-46,48-51,53-54,56-60,62-63,65-72H2,1-3H3/b11-8-,20-17-,29-26-,32-30-,47-44-,55-52-,64-61-. The maximum Gasteiger partial charge on any atom is 0.306 e. The first kappa shape index (κ1) is 78.6. The fourth-order valence-corrected chi connectivity index (χ4v) is 10.4. The number of hydrogen-bond donors (Lipinski definition) is 0. The molecule has 0 rings (SSSR count). The number of rotatable bonds is 65. The van der Waals surface area contributed by atoms with E-state index in [-0.39, 0.29) is 37.5 Å². The van der Waals surface area contributed by atoms with Crippen molar-refractivity contribution in [1.82, 2.24) is 0 Å². The van der Waals surface area contributed by atoms with Gasteiger partial charge in [-0.25, -0.2) is 0 Å². The van der Waals surface area contributed by atoms with Crippen LogP contribution >= 0.6 is 0 Å². The molecule has 0 N–H and O–H groups in total. The lowest BCUT2D eigenvalue weighted by atomic mass is 10.0. The summed E-state index contributed by atoms with van der Waals surface area (Å²) in [5.74, 6) is -0.969. The highest BCUT2D eigenvalue weighted by Gasteiger charge is 2.19. The Bertz CT molecular complexity index is 1550. The second kappa shape index (κ2) is 70.1. The summed E-state index contributed by atoms with van der Waals surface area (Å²) in [5.41, 5.74) is 0. The minimum atomic E-state index is -0.816. The van der Waals surface area contributed by atoms with Crippen LogP contribution in [0.25, 0.3) is 0 Å². The van der Waals surface area contributed by atoms with E-state index >= 15 is 0 Å². The second-order valence-electron chi connectivity index (χ2n) is 23.8. The number of carbonyl (C=O) groups excluding carboxylic acids is 3. The molecule has 0 saturated heterocycles. The van der Waals surface area contributed by atoms with Crippen molar-refractivity contribution in [3.05, 3.63) is 85.1 Å². The first-order chi connectivity index (χ1) is 40.5. The van der Waals surface area contributed by atoms with E-state index in [1.165, 1.54) is 238 Å². The summed E-state index contributed by atoms with van der Waals surface area (Å²) < 4.78 is 16.9. The van der Waals surface area contributed by atoms with Gasteiger partial charge in [-0.1, -0.05) is 343 Å². The maximum absolute atomic E-state index is 12.9. The molecule has 0 spiro atoms. The van der Waals surface area contributed by atoms with Crippen molar-refractivity contribution in [2.75, 3.05) is 13.2 Å². The van der Waals surface area contributed by atoms with E-state index in [0.717, 1.165) is 77.0 Å². The number of esters is 3. The van der Waals surface area contributed by atoms with Gasteiger partial charge >= 0.3 is 17.9 Å². The highest BCUT2D eigenvalue weighted by molar-refractivity contribution is 5.71. The Hall–Kier alpha value is -3.41. The molecule has 6 nitrogen and oxygen atoms in total. The maximum atomic E-state index is 12.9. The topological polar surface area (TPSA) is 78.9 Å². The fourth-order valence-electron chi connectivity index (χ4n) is 10.4. The Labute approximate surface area is 509 Å². The van der Waals surface area contributed by atoms with Crippen LogP contribution in [0.5, 0.6) is 0 Å². The molecule has 0 saturated carbocycles. The van der Waals surface area contributed by atoms with E-state index in [2.05, 4.69) is 99.8 Å². The van der Waals surface area contributed by atoms with E-state index in [4.69, 9.17) is 14.2 Å². The molecular formula is C76H134O6. The Morgan fingerprint density at radius 1 is 0.256 bits per heavy atom. The zero-order chi connectivity index (χ0) is 59.2. The molecule has 0 aliphatic heterocycles. The van der Waals surface area contributed by atoms with Gasteiger partial charge in [0.15, 0.2) is 6.10 Å². The Morgan fingerprint density at radius 3 is 0.793 bits per heavy atom. The van der Waals surface area contributed by atoms with E-state index in [1.807, 2.05) is 6.08 Å². The van der Waals surface area contributed by atoms with Crippen molar-refractivity contribution >= 4 is 17.9 Å². The van der Waals surface area contributed by atoms with Crippen LogP contribution < -0.4 is 0 Å². The van der Waals surface area contributed by atoms with Gasteiger partial charge in [0.2, 0.25) is 0 Å². The third-order valence-corrected chi connectivity index (χ3v) is 15.6. The van der Waals surface area contributed by atoms with Crippen molar-refractivity contribution in [2.45, 2.75) is 367 Å². The number of allylic oxidation sites excluding steroid dienone is 14. The number of hydrogen-bond acceptors (Lipinski definition) is 6. The van der Waals surface area contributed by atoms with E-state index in [1.54, 1.807) is 0 Å². The van der Waals surface area contributed by atoms with Gasteiger partial charge < -0.3 is 14.2 Å². The Kier molecular flexibility index (Phi) is 67.2. The molecule has 82 heavy (non-hydrogen) atoms. The molecule has 0 heterocycles. The predicted molar refractivity (Wildman–Crippen MR) is 358 cm³/mol. The SMILES string of the molecule is CC/C=C\C/C=C\C/C=C\C/C=C\C/C=C\C/C=C\CCC(=O)OC(COC(=O)CCCCCCCCCCCCCCCC)COC(=O)CCCCCCCCCCCCCCCCCCCCC/C=C\CCCCCCCCCC. The van der Waals surface area contributed by atoms with Gasteiger partial charge in [0.25, 0.3) is 0 Å². The van der Waals surface area contributed by atoms with Gasteiger partial charge in [-0.3, -0.25) is 14.4 Å². The molecule has 0 aliphatic carbocycles. The monoisotopic (exact) mass is 1140 g/mol. The highest BCUT2D eigenvalue weighted by atomic mass is 16.6. The molecule has 0 radical (unpaired) electrons. The van der Waals surface area contributed by atoms with Gasteiger partial charge in [-0.2, -0.15) is 0 Å². The number of ether oxygens (including phenoxy) is 3. The summed E-state index contributed by atoms with van der Waals surface area (Å²) >= 11 is 0. The third kappa shape index (κ3) is 67.4. The van der Waals surface area contributed by atoms with Crippen molar-refractivity contribution in [2.24, 2.45) is 0 Å². The molecule has 0 bridgehead atoms. The number of unbranched alkanes of at least 4 members (excludes halogenated alkanes) is 40. The molecule has 6 heteroatoms. The Balaban J connectivity index is 4.26. The molecule has 0 aliphatic rings. The third-order valence-electron chi connectivity index (χ3n) is 15.6. The molecule has 0 aromatic heterocycles. The second-order valence-corrected chi connectivity index (χ2v) is 23.8. The molecule has 0 fully saturated rings. The van der Waals surface area contributed by atoms with Crippen LogP contribution in [0.3, 0.4) is 0 Å². The summed E-state index contributed by atoms with van der Waals surface area (Å²) in [4.78, 5) is 38.4. The summed E-state index contributed by atoms with van der Waals surface area (Å²) in [5, 5.41) is 0. The molecule has 1 atom stereocenters. The van der Waals surface area contributed by atoms with Crippen molar-refractivity contribution < 1.29 is 28.6 Å². The molecule has 0 aromatic carbocycles. The van der Waals surface area contributed by atoms with E-state index < -0.39 is 6.10 Å². The zero-order valence-corrected chi connectivity index (χ0v) is 54.5. The van der Waals surface area contributed by atoms with Crippen LogP contribution in [0.15, 0.2) is 85.1 Å². The zero-order valence-electron chi connectivity index (χ0n) is 54.5. The van der Waals surface area contributed by atoms with Gasteiger partial charge in [-0.05, 0) is 83.5 Å². The summed E-state index contributed by atoms with van der Waals surface area (Å²) in [6, 6.07) is 0. The summed E-state index contributed by atoms with van der Waals surface area (Å²) in [6.45, 7) is 6.51. The molecule has 1 unspecified atom stereocenters. The minimum Gasteiger partial charge on any atom is -0.462 e. The van der Waals surface area contributed by atoms with Gasteiger partial charge in [0.1, 0.15) is 13.2 Å². The average Bonchev–Trinajstić information content (AvgIpc) is 3.47. The quantitative estimate of drug-likeness (QED) is 0.0261. The molecule has 474 valence electrons. The van der Waals surface area contributed by atoms with Crippen LogP contribution in [-0.4, -0.2) is 37.2 Å². The van der Waals surface area contributed by atoms with Gasteiger partial charge in [-0.15, -0.1) is 0 Å². The van der Waals surface area contributed by atoms with Crippen LogP contribution in [0, 0.1) is 0 Å². The van der Waals surface area contributed by atoms with Crippen LogP contribution in [0.4, 0.5) is 0 Å². The summed E-state index contributed by atoms with van der Waals surface area (Å²) in [7, 11) is 0. The highest BCUT2D eigenvalue weighted by Crippen LogP contribution is 2.18. The molecule has 0 amide bonds. The first-order valence-corrected chi connectivity index (χ1v) is 35.6. The van der Waals surface area contributed by atoms with Crippen LogP contribution in [-0.2, 0) is 28.6 Å². The van der Waals surface area contributed by atoms with E-state index in [9.17, 15) is 14.4 Å². The van der Waals surface area contributed by atoms with Crippen LogP contribution in [0.2, 0.25) is 0 Å². The lowest BCUT2D eigenvalue weighted by molar-refractivity contribution is -0.166. The smallest absolute Gasteiger partial charge is 0.306 e. The van der Waals surface area contributed by atoms with Crippen molar-refractivity contribution in [1.29, 1.82) is 0 Å². The summed E-state index contributed by atoms with van der Waals surface area (Å²) in [6.07, 6.45) is 93.5. The van der Waals surface area contributed by atoms with E-state index in [0.29, 0.717) is 19.3 Å². The fraction of sp³-hybridized carbons (Fsp3) is 0.776. The van der Waals surface area contributed by atoms with Crippen LogP contribution in [0.1, 0.15) is 361 Å². The average molecular weight is 1140 g/mol. The molecular weight excluding hydrogens is 1010 g/mol. The number of carbonyl (C=O) groups is 3. The lowest BCUT2D eigenvalue weighted by Crippen LogP contribution is -2.30. The largest absolute Gasteiger partial charge is 0.462 e. The van der Waals surface area contributed by atoms with Gasteiger partial charge in [0.05, 0.1) is 0 Å². The molecule has 0 aromatic rings. The minimum absolute atomic E-state index is 0.102. The van der Waals surface area contributed by atoms with Gasteiger partial charge in [0, 0.05) is 19.3 Å². The van der Waals surface area contributed by atoms with Crippen molar-refractivity contribution in [3.63, 3.8) is 0 Å².